The SMILES string of the molecule is CCC(C)NC(C)CCOCc1ccccc1. The maximum Gasteiger partial charge on any atom is 0.0716 e. The second kappa shape index (κ2) is 8.26. The molecular weight excluding hydrogens is 210 g/mol. The summed E-state index contributed by atoms with van der Waals surface area (Å²) >= 11 is 0. The van der Waals surface area contributed by atoms with Crippen molar-refractivity contribution in [2.24, 2.45) is 0 Å². The van der Waals surface area contributed by atoms with Crippen LogP contribution in [0.5, 0.6) is 0 Å². The molecule has 0 aliphatic carbocycles. The average Bonchev–Trinajstić information content (AvgIpc) is 2.36. The number of nitrogens with one attached hydrogen (secondary N) is 1. The Bertz CT molecular complexity index is 286. The lowest BCUT2D eigenvalue weighted by Gasteiger charge is -2.18. The van der Waals surface area contributed by atoms with E-state index in [1.165, 1.54) is 12.0 Å². The normalized spacial score (nSPS) is 14.5. The van der Waals surface area contributed by atoms with Crippen molar-refractivity contribution in [3.8, 4) is 0 Å². The van der Waals surface area contributed by atoms with Gasteiger partial charge in [-0.15, -0.1) is 0 Å². The Morgan fingerprint density at radius 2 is 1.82 bits per heavy atom. The van der Waals surface area contributed by atoms with E-state index < -0.39 is 0 Å². The van der Waals surface area contributed by atoms with Crippen LogP contribution in [0, 0.1) is 0 Å². The van der Waals surface area contributed by atoms with Crippen LogP contribution < -0.4 is 5.32 Å². The molecule has 0 bridgehead atoms. The van der Waals surface area contributed by atoms with Gasteiger partial charge in [0.15, 0.2) is 0 Å². The van der Waals surface area contributed by atoms with Gasteiger partial charge in [-0.25, -0.2) is 0 Å². The molecule has 1 rings (SSSR count). The Labute approximate surface area is 105 Å². The van der Waals surface area contributed by atoms with Gasteiger partial charge < -0.3 is 10.1 Å². The number of rotatable bonds is 8. The van der Waals surface area contributed by atoms with Crippen molar-refractivity contribution in [1.82, 2.24) is 5.32 Å². The summed E-state index contributed by atoms with van der Waals surface area (Å²) in [6.07, 6.45) is 2.24. The van der Waals surface area contributed by atoms with Gasteiger partial charge in [0, 0.05) is 18.7 Å². The summed E-state index contributed by atoms with van der Waals surface area (Å²) in [6.45, 7) is 8.19. The van der Waals surface area contributed by atoms with Crippen LogP contribution in [-0.4, -0.2) is 18.7 Å². The first kappa shape index (κ1) is 14.2. The third-order valence-corrected chi connectivity index (χ3v) is 2.99. The molecule has 0 aliphatic rings. The van der Waals surface area contributed by atoms with Gasteiger partial charge in [0.2, 0.25) is 0 Å². The van der Waals surface area contributed by atoms with Crippen LogP contribution in [-0.2, 0) is 11.3 Å². The molecule has 0 saturated carbocycles. The molecule has 1 aromatic rings. The standard InChI is InChI=1S/C15H25NO/c1-4-13(2)16-14(3)10-11-17-12-15-8-6-5-7-9-15/h5-9,13-14,16H,4,10-12H2,1-3H3. The summed E-state index contributed by atoms with van der Waals surface area (Å²) in [7, 11) is 0. The van der Waals surface area contributed by atoms with E-state index in [9.17, 15) is 0 Å². The molecule has 17 heavy (non-hydrogen) atoms. The van der Waals surface area contributed by atoms with E-state index in [0.717, 1.165) is 19.6 Å². The molecule has 0 heterocycles. The number of ether oxygens (including phenoxy) is 1. The Kier molecular flexibility index (Phi) is 6.90. The predicted octanol–water partition coefficient (Wildman–Crippen LogP) is 3.37. The Morgan fingerprint density at radius 3 is 2.47 bits per heavy atom. The number of benzene rings is 1. The molecule has 96 valence electrons. The molecule has 0 spiro atoms. The van der Waals surface area contributed by atoms with E-state index in [1.54, 1.807) is 0 Å². The molecule has 0 fully saturated rings. The van der Waals surface area contributed by atoms with Gasteiger partial charge >= 0.3 is 0 Å². The third kappa shape index (κ3) is 6.44. The summed E-state index contributed by atoms with van der Waals surface area (Å²) in [4.78, 5) is 0. The van der Waals surface area contributed by atoms with Crippen LogP contribution in [0.3, 0.4) is 0 Å². The zero-order valence-corrected chi connectivity index (χ0v) is 11.3. The Balaban J connectivity index is 2.08. The van der Waals surface area contributed by atoms with Crippen LogP contribution in [0.15, 0.2) is 30.3 Å². The van der Waals surface area contributed by atoms with E-state index in [2.05, 4.69) is 38.2 Å². The highest BCUT2D eigenvalue weighted by molar-refractivity contribution is 5.13. The van der Waals surface area contributed by atoms with E-state index in [0.29, 0.717) is 12.1 Å². The first-order valence-corrected chi connectivity index (χ1v) is 6.60. The molecule has 1 N–H and O–H groups in total. The highest BCUT2D eigenvalue weighted by Gasteiger charge is 2.05. The van der Waals surface area contributed by atoms with Crippen molar-refractivity contribution in [2.75, 3.05) is 6.61 Å². The van der Waals surface area contributed by atoms with Gasteiger partial charge in [0.05, 0.1) is 6.61 Å². The predicted molar refractivity (Wildman–Crippen MR) is 73.1 cm³/mol. The fraction of sp³-hybridized carbons (Fsp3) is 0.600. The highest BCUT2D eigenvalue weighted by atomic mass is 16.5. The zero-order chi connectivity index (χ0) is 12.5. The molecule has 0 aromatic heterocycles. The lowest BCUT2D eigenvalue weighted by molar-refractivity contribution is 0.111. The lowest BCUT2D eigenvalue weighted by atomic mass is 10.2. The van der Waals surface area contributed by atoms with E-state index in [-0.39, 0.29) is 0 Å². The van der Waals surface area contributed by atoms with Gasteiger partial charge in [0.25, 0.3) is 0 Å². The molecule has 0 radical (unpaired) electrons. The monoisotopic (exact) mass is 235 g/mol. The molecule has 1 aromatic carbocycles. The third-order valence-electron chi connectivity index (χ3n) is 2.99. The Hall–Kier alpha value is -0.860. The quantitative estimate of drug-likeness (QED) is 0.698. The van der Waals surface area contributed by atoms with E-state index in [1.807, 2.05) is 18.2 Å². The highest BCUT2D eigenvalue weighted by Crippen LogP contribution is 2.02. The van der Waals surface area contributed by atoms with Crippen LogP contribution in [0.4, 0.5) is 0 Å². The lowest BCUT2D eigenvalue weighted by Crippen LogP contribution is -2.34. The number of hydrogen-bond donors (Lipinski definition) is 1. The molecule has 2 nitrogen and oxygen atoms in total. The topological polar surface area (TPSA) is 21.3 Å². The summed E-state index contributed by atoms with van der Waals surface area (Å²) in [5.41, 5.74) is 1.25. The van der Waals surface area contributed by atoms with E-state index in [4.69, 9.17) is 4.74 Å². The average molecular weight is 235 g/mol. The second-order valence-corrected chi connectivity index (χ2v) is 4.70. The van der Waals surface area contributed by atoms with Gasteiger partial charge in [-0.3, -0.25) is 0 Å². The smallest absolute Gasteiger partial charge is 0.0716 e. The van der Waals surface area contributed by atoms with Crippen molar-refractivity contribution in [3.63, 3.8) is 0 Å². The van der Waals surface area contributed by atoms with Crippen LogP contribution in [0.25, 0.3) is 0 Å². The minimum atomic E-state index is 0.528. The minimum absolute atomic E-state index is 0.528. The first-order valence-electron chi connectivity index (χ1n) is 6.60. The fourth-order valence-electron chi connectivity index (χ4n) is 1.71. The largest absolute Gasteiger partial charge is 0.377 e. The van der Waals surface area contributed by atoms with Gasteiger partial charge in [-0.2, -0.15) is 0 Å². The van der Waals surface area contributed by atoms with Crippen LogP contribution in [0.1, 0.15) is 39.2 Å². The molecular formula is C15H25NO. The van der Waals surface area contributed by atoms with Crippen LogP contribution >= 0.6 is 0 Å². The van der Waals surface area contributed by atoms with Crippen molar-refractivity contribution in [3.05, 3.63) is 35.9 Å². The molecule has 2 atom stereocenters. The van der Waals surface area contributed by atoms with Crippen molar-refractivity contribution in [1.29, 1.82) is 0 Å². The van der Waals surface area contributed by atoms with E-state index >= 15 is 0 Å². The molecule has 0 amide bonds. The maximum atomic E-state index is 5.67. The molecule has 0 saturated heterocycles. The summed E-state index contributed by atoms with van der Waals surface area (Å²) in [5.74, 6) is 0. The summed E-state index contributed by atoms with van der Waals surface area (Å²) in [6, 6.07) is 11.4. The van der Waals surface area contributed by atoms with Crippen LogP contribution in [0.2, 0.25) is 0 Å². The van der Waals surface area contributed by atoms with Crippen molar-refractivity contribution >= 4 is 0 Å². The fourth-order valence-corrected chi connectivity index (χ4v) is 1.71. The minimum Gasteiger partial charge on any atom is -0.377 e. The van der Waals surface area contributed by atoms with Gasteiger partial charge in [-0.05, 0) is 32.3 Å². The summed E-state index contributed by atoms with van der Waals surface area (Å²) in [5, 5.41) is 3.55. The second-order valence-electron chi connectivity index (χ2n) is 4.70. The first-order chi connectivity index (χ1) is 8.22. The van der Waals surface area contributed by atoms with Gasteiger partial charge in [0.1, 0.15) is 0 Å². The molecule has 0 aliphatic heterocycles. The molecule has 2 heteroatoms. The Morgan fingerprint density at radius 1 is 1.12 bits per heavy atom. The summed E-state index contributed by atoms with van der Waals surface area (Å²) < 4.78 is 5.67. The zero-order valence-electron chi connectivity index (χ0n) is 11.3. The maximum absolute atomic E-state index is 5.67. The van der Waals surface area contributed by atoms with Crippen molar-refractivity contribution in [2.45, 2.75) is 52.3 Å². The molecule has 2 unspecified atom stereocenters. The number of hydrogen-bond acceptors (Lipinski definition) is 2. The van der Waals surface area contributed by atoms with Crippen molar-refractivity contribution < 1.29 is 4.74 Å². The van der Waals surface area contributed by atoms with Gasteiger partial charge in [-0.1, -0.05) is 37.3 Å².